The molecule has 0 spiro atoms. The van der Waals surface area contributed by atoms with Gasteiger partial charge in [0.25, 0.3) is 0 Å². The molecule has 0 aliphatic carbocycles. The standard InChI is InChI=1S/C10H20O3/c1-3-9(11)7-5-4-6-8(2)10(12)13/h8-9,11H,3-7H2,1-2H3,(H,12,13). The Kier molecular flexibility index (Phi) is 6.59. The summed E-state index contributed by atoms with van der Waals surface area (Å²) in [5.41, 5.74) is 0. The number of aliphatic hydroxyl groups excluding tert-OH is 1. The van der Waals surface area contributed by atoms with Gasteiger partial charge in [0.1, 0.15) is 0 Å². The molecule has 2 unspecified atom stereocenters. The second kappa shape index (κ2) is 6.89. The van der Waals surface area contributed by atoms with Crippen molar-refractivity contribution < 1.29 is 15.0 Å². The average Bonchev–Trinajstić information content (AvgIpc) is 2.11. The lowest BCUT2D eigenvalue weighted by Gasteiger charge is -2.08. The number of rotatable bonds is 7. The first kappa shape index (κ1) is 12.4. The van der Waals surface area contributed by atoms with E-state index in [1.165, 1.54) is 0 Å². The first-order valence-electron chi connectivity index (χ1n) is 4.98. The number of unbranched alkanes of at least 4 members (excludes halogenated alkanes) is 1. The molecule has 0 amide bonds. The number of carboxylic acids is 1. The summed E-state index contributed by atoms with van der Waals surface area (Å²) in [6, 6.07) is 0. The van der Waals surface area contributed by atoms with E-state index in [2.05, 4.69) is 0 Å². The molecule has 0 aliphatic heterocycles. The van der Waals surface area contributed by atoms with Crippen LogP contribution in [0.3, 0.4) is 0 Å². The summed E-state index contributed by atoms with van der Waals surface area (Å²) in [5, 5.41) is 17.8. The van der Waals surface area contributed by atoms with Crippen LogP contribution in [0.15, 0.2) is 0 Å². The van der Waals surface area contributed by atoms with Gasteiger partial charge in [-0.2, -0.15) is 0 Å². The van der Waals surface area contributed by atoms with Gasteiger partial charge < -0.3 is 10.2 Å². The Morgan fingerprint density at radius 2 is 1.85 bits per heavy atom. The largest absolute Gasteiger partial charge is 0.481 e. The summed E-state index contributed by atoms with van der Waals surface area (Å²) in [7, 11) is 0. The highest BCUT2D eigenvalue weighted by atomic mass is 16.4. The van der Waals surface area contributed by atoms with Crippen LogP contribution in [0.5, 0.6) is 0 Å². The highest BCUT2D eigenvalue weighted by molar-refractivity contribution is 5.69. The number of carbonyl (C=O) groups is 1. The number of aliphatic hydroxyl groups is 1. The third-order valence-electron chi connectivity index (χ3n) is 2.32. The van der Waals surface area contributed by atoms with Crippen LogP contribution in [-0.2, 0) is 4.79 Å². The van der Waals surface area contributed by atoms with Crippen molar-refractivity contribution in [2.24, 2.45) is 5.92 Å². The molecule has 0 aromatic rings. The molecule has 0 saturated carbocycles. The Morgan fingerprint density at radius 3 is 2.31 bits per heavy atom. The summed E-state index contributed by atoms with van der Waals surface area (Å²) in [6.07, 6.45) is 3.90. The summed E-state index contributed by atoms with van der Waals surface area (Å²) in [6.45, 7) is 3.67. The lowest BCUT2D eigenvalue weighted by atomic mass is 10.0. The van der Waals surface area contributed by atoms with Gasteiger partial charge in [0, 0.05) is 0 Å². The van der Waals surface area contributed by atoms with Crippen molar-refractivity contribution in [3.8, 4) is 0 Å². The van der Waals surface area contributed by atoms with E-state index in [1.807, 2.05) is 6.92 Å². The van der Waals surface area contributed by atoms with Crippen LogP contribution in [0.25, 0.3) is 0 Å². The zero-order chi connectivity index (χ0) is 10.3. The van der Waals surface area contributed by atoms with Crippen molar-refractivity contribution in [2.75, 3.05) is 0 Å². The van der Waals surface area contributed by atoms with E-state index in [9.17, 15) is 9.90 Å². The monoisotopic (exact) mass is 188 g/mol. The van der Waals surface area contributed by atoms with Crippen LogP contribution in [0, 0.1) is 5.92 Å². The van der Waals surface area contributed by atoms with Crippen molar-refractivity contribution in [3.05, 3.63) is 0 Å². The minimum atomic E-state index is -0.726. The molecule has 0 rings (SSSR count). The molecule has 0 saturated heterocycles. The number of hydrogen-bond acceptors (Lipinski definition) is 2. The quantitative estimate of drug-likeness (QED) is 0.601. The smallest absolute Gasteiger partial charge is 0.306 e. The van der Waals surface area contributed by atoms with Crippen LogP contribution in [-0.4, -0.2) is 22.3 Å². The molecular formula is C10H20O3. The summed E-state index contributed by atoms with van der Waals surface area (Å²) >= 11 is 0. The lowest BCUT2D eigenvalue weighted by molar-refractivity contribution is -0.141. The van der Waals surface area contributed by atoms with E-state index in [-0.39, 0.29) is 12.0 Å². The Balaban J connectivity index is 3.30. The minimum absolute atomic E-state index is 0.208. The van der Waals surface area contributed by atoms with Gasteiger partial charge in [0.05, 0.1) is 12.0 Å². The van der Waals surface area contributed by atoms with Gasteiger partial charge in [-0.1, -0.05) is 26.7 Å². The fraction of sp³-hybridized carbons (Fsp3) is 0.900. The molecule has 0 aromatic carbocycles. The zero-order valence-electron chi connectivity index (χ0n) is 8.49. The summed E-state index contributed by atoms with van der Waals surface area (Å²) in [5.74, 6) is -0.977. The van der Waals surface area contributed by atoms with Crippen molar-refractivity contribution in [3.63, 3.8) is 0 Å². The Hall–Kier alpha value is -0.570. The van der Waals surface area contributed by atoms with E-state index in [4.69, 9.17) is 5.11 Å². The Bertz CT molecular complexity index is 145. The third kappa shape index (κ3) is 6.58. The third-order valence-corrected chi connectivity index (χ3v) is 2.32. The van der Waals surface area contributed by atoms with Crippen molar-refractivity contribution in [2.45, 2.75) is 52.1 Å². The predicted molar refractivity (Wildman–Crippen MR) is 51.6 cm³/mol. The molecule has 0 aromatic heterocycles. The average molecular weight is 188 g/mol. The molecule has 0 radical (unpaired) electrons. The van der Waals surface area contributed by atoms with Crippen molar-refractivity contribution >= 4 is 5.97 Å². The first-order valence-corrected chi connectivity index (χ1v) is 4.98. The molecule has 13 heavy (non-hydrogen) atoms. The topological polar surface area (TPSA) is 57.5 Å². The molecule has 2 atom stereocenters. The maximum absolute atomic E-state index is 10.4. The molecule has 0 bridgehead atoms. The Morgan fingerprint density at radius 1 is 1.31 bits per heavy atom. The second-order valence-corrected chi connectivity index (χ2v) is 3.59. The van der Waals surface area contributed by atoms with Crippen molar-refractivity contribution in [1.29, 1.82) is 0 Å². The van der Waals surface area contributed by atoms with Crippen LogP contribution >= 0.6 is 0 Å². The van der Waals surface area contributed by atoms with E-state index < -0.39 is 5.97 Å². The summed E-state index contributed by atoms with van der Waals surface area (Å²) in [4.78, 5) is 10.4. The van der Waals surface area contributed by atoms with Crippen LogP contribution < -0.4 is 0 Å². The number of hydrogen-bond donors (Lipinski definition) is 2. The van der Waals surface area contributed by atoms with Crippen molar-refractivity contribution in [1.82, 2.24) is 0 Å². The fourth-order valence-electron chi connectivity index (χ4n) is 1.16. The van der Waals surface area contributed by atoms with Gasteiger partial charge in [-0.15, -0.1) is 0 Å². The molecule has 3 nitrogen and oxygen atoms in total. The Labute approximate surface area is 79.8 Å². The van der Waals surface area contributed by atoms with Gasteiger partial charge in [0.2, 0.25) is 0 Å². The van der Waals surface area contributed by atoms with E-state index >= 15 is 0 Å². The molecular weight excluding hydrogens is 168 g/mol. The molecule has 0 heterocycles. The van der Waals surface area contributed by atoms with Gasteiger partial charge in [-0.25, -0.2) is 0 Å². The SMILES string of the molecule is CCC(O)CCCCC(C)C(=O)O. The molecule has 0 fully saturated rings. The molecule has 0 aliphatic rings. The summed E-state index contributed by atoms with van der Waals surface area (Å²) < 4.78 is 0. The van der Waals surface area contributed by atoms with Crippen LogP contribution in [0.4, 0.5) is 0 Å². The predicted octanol–water partition coefficient (Wildman–Crippen LogP) is 2.04. The maximum Gasteiger partial charge on any atom is 0.306 e. The molecule has 2 N–H and O–H groups in total. The van der Waals surface area contributed by atoms with Gasteiger partial charge in [-0.05, 0) is 19.3 Å². The molecule has 78 valence electrons. The zero-order valence-corrected chi connectivity index (χ0v) is 8.49. The highest BCUT2D eigenvalue weighted by Gasteiger charge is 2.10. The molecule has 3 heteroatoms. The van der Waals surface area contributed by atoms with Gasteiger partial charge in [0.15, 0.2) is 0 Å². The normalized spacial score (nSPS) is 15.3. The number of carboxylic acid groups (broad SMARTS) is 1. The van der Waals surface area contributed by atoms with Gasteiger partial charge in [-0.3, -0.25) is 4.79 Å². The van der Waals surface area contributed by atoms with E-state index in [0.717, 1.165) is 25.7 Å². The minimum Gasteiger partial charge on any atom is -0.481 e. The maximum atomic E-state index is 10.4. The van der Waals surface area contributed by atoms with E-state index in [1.54, 1.807) is 6.92 Å². The highest BCUT2D eigenvalue weighted by Crippen LogP contribution is 2.11. The fourth-order valence-corrected chi connectivity index (χ4v) is 1.16. The van der Waals surface area contributed by atoms with E-state index in [0.29, 0.717) is 6.42 Å². The van der Waals surface area contributed by atoms with Crippen LogP contribution in [0.2, 0.25) is 0 Å². The van der Waals surface area contributed by atoms with Gasteiger partial charge >= 0.3 is 5.97 Å². The second-order valence-electron chi connectivity index (χ2n) is 3.59. The first-order chi connectivity index (χ1) is 6.07. The van der Waals surface area contributed by atoms with Crippen LogP contribution in [0.1, 0.15) is 46.0 Å². The number of aliphatic carboxylic acids is 1. The lowest BCUT2D eigenvalue weighted by Crippen LogP contribution is -2.09.